The number of nitrogens with zero attached hydrogens (tertiary/aromatic N) is 1. The van der Waals surface area contributed by atoms with E-state index < -0.39 is 23.1 Å². The Kier molecular flexibility index (Phi) is 4.21. The highest BCUT2D eigenvalue weighted by atomic mass is 19.1. The molecule has 1 amide bonds. The van der Waals surface area contributed by atoms with Gasteiger partial charge in [0.2, 0.25) is 0 Å². The Bertz CT molecular complexity index is 544. The first kappa shape index (κ1) is 15.7. The zero-order valence-electron chi connectivity index (χ0n) is 12.7. The molecule has 0 aliphatic carbocycles. The summed E-state index contributed by atoms with van der Waals surface area (Å²) < 4.78 is 27.7. The Labute approximate surface area is 124 Å². The van der Waals surface area contributed by atoms with E-state index in [1.165, 1.54) is 4.90 Å². The Hall–Kier alpha value is -1.65. The lowest BCUT2D eigenvalue weighted by Crippen LogP contribution is -2.42. The molecule has 0 atom stereocenters. The van der Waals surface area contributed by atoms with Crippen molar-refractivity contribution in [2.24, 2.45) is 11.3 Å². The first-order valence-electron chi connectivity index (χ1n) is 7.24. The van der Waals surface area contributed by atoms with Crippen LogP contribution in [0.5, 0.6) is 0 Å². The number of anilines is 1. The molecule has 0 saturated carbocycles. The lowest BCUT2D eigenvalue weighted by atomic mass is 9.75. The molecule has 0 aromatic heterocycles. The molecule has 1 fully saturated rings. The van der Waals surface area contributed by atoms with Gasteiger partial charge in [0.15, 0.2) is 5.82 Å². The highest BCUT2D eigenvalue weighted by Gasteiger charge is 2.32. The van der Waals surface area contributed by atoms with Crippen LogP contribution in [0, 0.1) is 23.0 Å². The van der Waals surface area contributed by atoms with E-state index >= 15 is 0 Å². The molecule has 1 aromatic rings. The van der Waals surface area contributed by atoms with E-state index in [-0.39, 0.29) is 11.1 Å². The van der Waals surface area contributed by atoms with Crippen molar-refractivity contribution in [3.8, 4) is 0 Å². The zero-order valence-corrected chi connectivity index (χ0v) is 12.7. The van der Waals surface area contributed by atoms with E-state index in [0.29, 0.717) is 19.0 Å². The second-order valence-corrected chi connectivity index (χ2v) is 6.76. The van der Waals surface area contributed by atoms with Crippen molar-refractivity contribution in [1.29, 1.82) is 0 Å². The number of carbonyl (C=O) groups is 1. The van der Waals surface area contributed by atoms with Crippen LogP contribution in [-0.2, 0) is 0 Å². The van der Waals surface area contributed by atoms with Gasteiger partial charge in [-0.3, -0.25) is 4.79 Å². The van der Waals surface area contributed by atoms with E-state index in [1.54, 1.807) is 0 Å². The molecular formula is C16H22F2N2O. The summed E-state index contributed by atoms with van der Waals surface area (Å²) >= 11 is 0. The van der Waals surface area contributed by atoms with Crippen LogP contribution < -0.4 is 5.73 Å². The molecule has 0 spiro atoms. The van der Waals surface area contributed by atoms with Crippen LogP contribution in [0.3, 0.4) is 0 Å². The molecule has 0 radical (unpaired) electrons. The van der Waals surface area contributed by atoms with Crippen LogP contribution in [-0.4, -0.2) is 23.9 Å². The fraction of sp³-hybridized carbons (Fsp3) is 0.562. The number of likely N-dealkylation sites (tertiary alicyclic amines) is 1. The SMILES string of the molecule is CC(C)(C)C1CCN(C(=O)c2c(F)ccc(N)c2F)CC1. The third-order valence-electron chi connectivity index (χ3n) is 4.34. The van der Waals surface area contributed by atoms with Crippen LogP contribution >= 0.6 is 0 Å². The molecule has 1 aliphatic rings. The van der Waals surface area contributed by atoms with Gasteiger partial charge in [0, 0.05) is 13.1 Å². The molecule has 2 N–H and O–H groups in total. The summed E-state index contributed by atoms with van der Waals surface area (Å²) in [5.41, 5.74) is 4.86. The summed E-state index contributed by atoms with van der Waals surface area (Å²) in [6, 6.07) is 2.17. The average Bonchev–Trinajstić information content (AvgIpc) is 2.42. The largest absolute Gasteiger partial charge is 0.396 e. The molecule has 1 saturated heterocycles. The van der Waals surface area contributed by atoms with Crippen molar-refractivity contribution < 1.29 is 13.6 Å². The normalized spacial score (nSPS) is 17.1. The minimum atomic E-state index is -0.960. The number of nitrogens with two attached hydrogens (primary N) is 1. The summed E-state index contributed by atoms with van der Waals surface area (Å²) in [6.07, 6.45) is 1.70. The van der Waals surface area contributed by atoms with Gasteiger partial charge in [-0.2, -0.15) is 0 Å². The predicted octanol–water partition coefficient (Wildman–Crippen LogP) is 3.45. The van der Waals surface area contributed by atoms with Gasteiger partial charge >= 0.3 is 0 Å². The number of carbonyl (C=O) groups excluding carboxylic acids is 1. The topological polar surface area (TPSA) is 46.3 Å². The Morgan fingerprint density at radius 3 is 2.33 bits per heavy atom. The minimum absolute atomic E-state index is 0.183. The number of halogens is 2. The molecule has 116 valence electrons. The van der Waals surface area contributed by atoms with E-state index in [0.717, 1.165) is 25.0 Å². The third-order valence-corrected chi connectivity index (χ3v) is 4.34. The maximum absolute atomic E-state index is 13.9. The lowest BCUT2D eigenvalue weighted by Gasteiger charge is -2.38. The molecule has 0 bridgehead atoms. The first-order chi connectivity index (χ1) is 9.71. The standard InChI is InChI=1S/C16H22F2N2O/c1-16(2,3)10-6-8-20(9-7-10)15(21)13-11(17)4-5-12(19)14(13)18/h4-5,10H,6-9,19H2,1-3H3. The van der Waals surface area contributed by atoms with Crippen molar-refractivity contribution in [2.75, 3.05) is 18.8 Å². The van der Waals surface area contributed by atoms with E-state index in [9.17, 15) is 13.6 Å². The second kappa shape index (κ2) is 5.62. The van der Waals surface area contributed by atoms with Crippen LogP contribution in [0.15, 0.2) is 12.1 Å². The van der Waals surface area contributed by atoms with Crippen molar-refractivity contribution in [1.82, 2.24) is 4.90 Å². The number of benzene rings is 1. The quantitative estimate of drug-likeness (QED) is 0.807. The Balaban J connectivity index is 2.15. The van der Waals surface area contributed by atoms with E-state index in [4.69, 9.17) is 5.73 Å². The molecule has 1 aliphatic heterocycles. The van der Waals surface area contributed by atoms with Crippen LogP contribution in [0.4, 0.5) is 14.5 Å². The molecule has 21 heavy (non-hydrogen) atoms. The number of rotatable bonds is 1. The summed E-state index contributed by atoms with van der Waals surface area (Å²) in [6.45, 7) is 7.56. The van der Waals surface area contributed by atoms with Crippen molar-refractivity contribution >= 4 is 11.6 Å². The zero-order chi connectivity index (χ0) is 15.8. The maximum atomic E-state index is 13.9. The Morgan fingerprint density at radius 2 is 1.81 bits per heavy atom. The summed E-state index contributed by atoms with van der Waals surface area (Å²) in [4.78, 5) is 13.9. The first-order valence-corrected chi connectivity index (χ1v) is 7.24. The number of hydrogen-bond acceptors (Lipinski definition) is 2. The number of amides is 1. The van der Waals surface area contributed by atoms with Gasteiger partial charge in [-0.1, -0.05) is 20.8 Å². The minimum Gasteiger partial charge on any atom is -0.396 e. The van der Waals surface area contributed by atoms with Gasteiger partial charge in [0.1, 0.15) is 11.4 Å². The Morgan fingerprint density at radius 1 is 1.24 bits per heavy atom. The molecule has 1 heterocycles. The van der Waals surface area contributed by atoms with E-state index in [1.807, 2.05) is 0 Å². The van der Waals surface area contributed by atoms with Crippen molar-refractivity contribution in [3.05, 3.63) is 29.3 Å². The maximum Gasteiger partial charge on any atom is 0.259 e. The molecule has 2 rings (SSSR count). The van der Waals surface area contributed by atoms with Crippen molar-refractivity contribution in [2.45, 2.75) is 33.6 Å². The number of piperidine rings is 1. The smallest absolute Gasteiger partial charge is 0.259 e. The number of nitrogen functional groups attached to an aromatic ring is 1. The highest BCUT2D eigenvalue weighted by molar-refractivity contribution is 5.95. The molecule has 5 heteroatoms. The van der Waals surface area contributed by atoms with Crippen molar-refractivity contribution in [3.63, 3.8) is 0 Å². The van der Waals surface area contributed by atoms with Gasteiger partial charge in [-0.05, 0) is 36.3 Å². The van der Waals surface area contributed by atoms with Gasteiger partial charge in [-0.15, -0.1) is 0 Å². The fourth-order valence-corrected chi connectivity index (χ4v) is 2.87. The van der Waals surface area contributed by atoms with Crippen LogP contribution in [0.2, 0.25) is 0 Å². The monoisotopic (exact) mass is 296 g/mol. The fourth-order valence-electron chi connectivity index (χ4n) is 2.87. The molecule has 3 nitrogen and oxygen atoms in total. The molecular weight excluding hydrogens is 274 g/mol. The summed E-state index contributed by atoms with van der Waals surface area (Å²) in [7, 11) is 0. The van der Waals surface area contributed by atoms with E-state index in [2.05, 4.69) is 20.8 Å². The second-order valence-electron chi connectivity index (χ2n) is 6.76. The molecule has 0 unspecified atom stereocenters. The van der Waals surface area contributed by atoms with Gasteiger partial charge in [0.05, 0.1) is 5.69 Å². The summed E-state index contributed by atoms with van der Waals surface area (Å²) in [5.74, 6) is -1.91. The summed E-state index contributed by atoms with van der Waals surface area (Å²) in [5, 5.41) is 0. The third kappa shape index (κ3) is 3.17. The highest BCUT2D eigenvalue weighted by Crippen LogP contribution is 2.34. The molecule has 1 aromatic carbocycles. The number of hydrogen-bond donors (Lipinski definition) is 1. The van der Waals surface area contributed by atoms with Gasteiger partial charge in [0.25, 0.3) is 5.91 Å². The van der Waals surface area contributed by atoms with Crippen LogP contribution in [0.25, 0.3) is 0 Å². The van der Waals surface area contributed by atoms with Crippen LogP contribution in [0.1, 0.15) is 44.0 Å². The van der Waals surface area contributed by atoms with Gasteiger partial charge < -0.3 is 10.6 Å². The lowest BCUT2D eigenvalue weighted by molar-refractivity contribution is 0.0599. The average molecular weight is 296 g/mol. The predicted molar refractivity (Wildman–Crippen MR) is 78.9 cm³/mol. The van der Waals surface area contributed by atoms with Gasteiger partial charge in [-0.25, -0.2) is 8.78 Å².